The normalized spacial score (nSPS) is 24.2. The first kappa shape index (κ1) is 10.3. The molecular weight excluding hydrogens is 174 g/mol. The lowest BCUT2D eigenvalue weighted by molar-refractivity contribution is -0.138. The summed E-state index contributed by atoms with van der Waals surface area (Å²) in [4.78, 5) is 23.1. The SMILES string of the molecule is O=CC(=O)C1COCCN1CCO. The number of carbonyl (C=O) groups excluding carboxylic acids is 2. The molecule has 5 heteroatoms. The minimum absolute atomic E-state index is 0.0113. The molecule has 1 aliphatic heterocycles. The molecule has 0 spiro atoms. The number of aliphatic hydroxyl groups is 1. The van der Waals surface area contributed by atoms with Gasteiger partial charge < -0.3 is 9.84 Å². The van der Waals surface area contributed by atoms with Crippen molar-refractivity contribution in [2.24, 2.45) is 0 Å². The lowest BCUT2D eigenvalue weighted by Crippen LogP contribution is -2.51. The smallest absolute Gasteiger partial charge is 0.214 e. The van der Waals surface area contributed by atoms with Gasteiger partial charge in [-0.3, -0.25) is 14.5 Å². The number of rotatable bonds is 4. The third-order valence-corrected chi connectivity index (χ3v) is 2.07. The predicted octanol–water partition coefficient (Wildman–Crippen LogP) is -1.55. The molecule has 0 aromatic heterocycles. The summed E-state index contributed by atoms with van der Waals surface area (Å²) in [5, 5.41) is 8.71. The molecule has 0 aromatic rings. The molecule has 0 amide bonds. The molecule has 1 saturated heterocycles. The van der Waals surface area contributed by atoms with Crippen molar-refractivity contribution in [1.82, 2.24) is 4.90 Å². The third-order valence-electron chi connectivity index (χ3n) is 2.07. The van der Waals surface area contributed by atoms with Crippen molar-refractivity contribution < 1.29 is 19.4 Å². The van der Waals surface area contributed by atoms with Crippen LogP contribution in [0, 0.1) is 0 Å². The molecule has 1 aliphatic rings. The van der Waals surface area contributed by atoms with E-state index in [9.17, 15) is 9.59 Å². The van der Waals surface area contributed by atoms with E-state index in [4.69, 9.17) is 9.84 Å². The van der Waals surface area contributed by atoms with Crippen LogP contribution in [-0.4, -0.2) is 61.0 Å². The van der Waals surface area contributed by atoms with Crippen LogP contribution < -0.4 is 0 Å². The summed E-state index contributed by atoms with van der Waals surface area (Å²) in [7, 11) is 0. The van der Waals surface area contributed by atoms with Crippen molar-refractivity contribution >= 4 is 12.1 Å². The van der Waals surface area contributed by atoms with Crippen molar-refractivity contribution in [3.05, 3.63) is 0 Å². The second-order valence-corrected chi connectivity index (χ2v) is 2.87. The van der Waals surface area contributed by atoms with E-state index >= 15 is 0 Å². The number of ether oxygens (including phenoxy) is 1. The Bertz CT molecular complexity index is 193. The van der Waals surface area contributed by atoms with Gasteiger partial charge in [0, 0.05) is 13.1 Å². The van der Waals surface area contributed by atoms with Crippen LogP contribution in [0.25, 0.3) is 0 Å². The minimum Gasteiger partial charge on any atom is -0.395 e. The van der Waals surface area contributed by atoms with Gasteiger partial charge in [0.2, 0.25) is 5.78 Å². The van der Waals surface area contributed by atoms with Gasteiger partial charge in [0.1, 0.15) is 6.04 Å². The monoisotopic (exact) mass is 187 g/mol. The maximum absolute atomic E-state index is 11.1. The zero-order valence-corrected chi connectivity index (χ0v) is 7.31. The molecule has 0 radical (unpaired) electrons. The Balaban J connectivity index is 2.55. The molecule has 0 aromatic carbocycles. The quantitative estimate of drug-likeness (QED) is 0.426. The molecule has 0 saturated carbocycles. The zero-order chi connectivity index (χ0) is 9.68. The Labute approximate surface area is 76.3 Å². The summed E-state index contributed by atoms with van der Waals surface area (Å²) in [6.45, 7) is 1.78. The van der Waals surface area contributed by atoms with Crippen LogP contribution in [0.5, 0.6) is 0 Å². The molecule has 0 aliphatic carbocycles. The Morgan fingerprint density at radius 1 is 1.69 bits per heavy atom. The zero-order valence-electron chi connectivity index (χ0n) is 7.31. The summed E-state index contributed by atoms with van der Waals surface area (Å²) >= 11 is 0. The van der Waals surface area contributed by atoms with Gasteiger partial charge in [0.15, 0.2) is 6.29 Å². The predicted molar refractivity (Wildman–Crippen MR) is 44.3 cm³/mol. The third kappa shape index (κ3) is 2.58. The fraction of sp³-hybridized carbons (Fsp3) is 0.750. The summed E-state index contributed by atoms with van der Waals surface area (Å²) in [5.74, 6) is -0.479. The minimum atomic E-state index is -0.501. The molecule has 5 nitrogen and oxygen atoms in total. The van der Waals surface area contributed by atoms with E-state index in [2.05, 4.69) is 0 Å². The molecule has 0 bridgehead atoms. The van der Waals surface area contributed by atoms with Crippen LogP contribution in [0.15, 0.2) is 0 Å². The van der Waals surface area contributed by atoms with Gasteiger partial charge in [0.25, 0.3) is 0 Å². The van der Waals surface area contributed by atoms with Crippen molar-refractivity contribution in [2.75, 3.05) is 32.9 Å². The summed E-state index contributed by atoms with van der Waals surface area (Å²) in [6.07, 6.45) is 0.309. The number of aldehydes is 1. The highest BCUT2D eigenvalue weighted by atomic mass is 16.5. The Hall–Kier alpha value is -0.780. The second kappa shape index (κ2) is 5.06. The average Bonchev–Trinajstić information content (AvgIpc) is 2.18. The highest BCUT2D eigenvalue weighted by molar-refractivity contribution is 6.27. The molecule has 1 N–H and O–H groups in total. The van der Waals surface area contributed by atoms with Gasteiger partial charge in [-0.2, -0.15) is 0 Å². The van der Waals surface area contributed by atoms with Crippen LogP contribution in [0.2, 0.25) is 0 Å². The first-order valence-corrected chi connectivity index (χ1v) is 4.21. The number of ketones is 1. The van der Waals surface area contributed by atoms with E-state index in [1.807, 2.05) is 0 Å². The highest BCUT2D eigenvalue weighted by Crippen LogP contribution is 2.06. The van der Waals surface area contributed by atoms with Gasteiger partial charge >= 0.3 is 0 Å². The van der Waals surface area contributed by atoms with E-state index in [1.54, 1.807) is 4.90 Å². The topological polar surface area (TPSA) is 66.8 Å². The second-order valence-electron chi connectivity index (χ2n) is 2.87. The number of nitrogens with zero attached hydrogens (tertiary/aromatic N) is 1. The lowest BCUT2D eigenvalue weighted by Gasteiger charge is -2.32. The molecule has 1 atom stereocenters. The summed E-state index contributed by atoms with van der Waals surface area (Å²) in [6, 6.07) is -0.501. The standard InChI is InChI=1S/C8H13NO4/c10-3-1-9-2-4-13-6-7(9)8(12)5-11/h5,7,10H,1-4,6H2. The number of aliphatic hydroxyl groups excluding tert-OH is 1. The van der Waals surface area contributed by atoms with Crippen LogP contribution >= 0.6 is 0 Å². The first-order chi connectivity index (χ1) is 6.29. The van der Waals surface area contributed by atoms with Crippen LogP contribution in [0.4, 0.5) is 0 Å². The highest BCUT2D eigenvalue weighted by Gasteiger charge is 2.28. The van der Waals surface area contributed by atoms with E-state index < -0.39 is 11.8 Å². The van der Waals surface area contributed by atoms with Gasteiger partial charge in [-0.25, -0.2) is 0 Å². The number of hydrogen-bond acceptors (Lipinski definition) is 5. The Kier molecular flexibility index (Phi) is 4.01. The fourth-order valence-corrected chi connectivity index (χ4v) is 1.37. The molecule has 13 heavy (non-hydrogen) atoms. The maximum atomic E-state index is 11.1. The fourth-order valence-electron chi connectivity index (χ4n) is 1.37. The molecule has 1 fully saturated rings. The van der Waals surface area contributed by atoms with Crippen molar-refractivity contribution in [2.45, 2.75) is 6.04 Å². The number of carbonyl (C=O) groups is 2. The van der Waals surface area contributed by atoms with Gasteiger partial charge in [0.05, 0.1) is 19.8 Å². The van der Waals surface area contributed by atoms with Gasteiger partial charge in [-0.15, -0.1) is 0 Å². The van der Waals surface area contributed by atoms with Gasteiger partial charge in [-0.1, -0.05) is 0 Å². The summed E-state index contributed by atoms with van der Waals surface area (Å²) in [5.41, 5.74) is 0. The van der Waals surface area contributed by atoms with Crippen molar-refractivity contribution in [3.8, 4) is 0 Å². The molecule has 1 heterocycles. The molecule has 1 rings (SSSR count). The van der Waals surface area contributed by atoms with Crippen molar-refractivity contribution in [3.63, 3.8) is 0 Å². The largest absolute Gasteiger partial charge is 0.395 e. The Morgan fingerprint density at radius 3 is 3.08 bits per heavy atom. The molecule has 74 valence electrons. The number of morpholine rings is 1. The maximum Gasteiger partial charge on any atom is 0.214 e. The Morgan fingerprint density at radius 2 is 2.46 bits per heavy atom. The van der Waals surface area contributed by atoms with Crippen LogP contribution in [-0.2, 0) is 14.3 Å². The van der Waals surface area contributed by atoms with Gasteiger partial charge in [-0.05, 0) is 0 Å². The molecule has 1 unspecified atom stereocenters. The summed E-state index contributed by atoms with van der Waals surface area (Å²) < 4.78 is 5.08. The number of hydrogen-bond donors (Lipinski definition) is 1. The first-order valence-electron chi connectivity index (χ1n) is 4.21. The van der Waals surface area contributed by atoms with E-state index in [0.29, 0.717) is 26.0 Å². The van der Waals surface area contributed by atoms with Crippen LogP contribution in [0.1, 0.15) is 0 Å². The van der Waals surface area contributed by atoms with Crippen molar-refractivity contribution in [1.29, 1.82) is 0 Å². The average molecular weight is 187 g/mol. The van der Waals surface area contributed by atoms with E-state index in [-0.39, 0.29) is 13.2 Å². The van der Waals surface area contributed by atoms with E-state index in [1.165, 1.54) is 0 Å². The number of Topliss-reactive ketones (excluding diaryl/α,β-unsaturated/α-hetero) is 1. The number of β-amino-alcohol motifs (C(OH)–C–C–N with tert-alkyl or cyclic N) is 1. The van der Waals surface area contributed by atoms with Crippen LogP contribution in [0.3, 0.4) is 0 Å². The lowest BCUT2D eigenvalue weighted by atomic mass is 10.1. The molecular formula is C8H13NO4. The van der Waals surface area contributed by atoms with E-state index in [0.717, 1.165) is 0 Å².